The summed E-state index contributed by atoms with van der Waals surface area (Å²) in [5, 5.41) is 9.40. The van der Waals surface area contributed by atoms with E-state index >= 15 is 0 Å². The molecule has 1 fully saturated rings. The third-order valence-corrected chi connectivity index (χ3v) is 4.31. The number of benzene rings is 1. The van der Waals surface area contributed by atoms with Crippen LogP contribution in [0.5, 0.6) is 0 Å². The lowest BCUT2D eigenvalue weighted by atomic mass is 9.98. The fourth-order valence-corrected chi connectivity index (χ4v) is 3.09. The molecule has 2 aromatic rings. The summed E-state index contributed by atoms with van der Waals surface area (Å²) >= 11 is 0. The largest absolute Gasteiger partial charge is 0.478 e. The van der Waals surface area contributed by atoms with Crippen molar-refractivity contribution in [2.24, 2.45) is 0 Å². The maximum Gasteiger partial charge on any atom is 0.335 e. The number of carboxylic acids is 1. The van der Waals surface area contributed by atoms with Gasteiger partial charge in [-0.15, -0.1) is 0 Å². The Morgan fingerprint density at radius 2 is 2.00 bits per heavy atom. The number of hydrogen-bond acceptors (Lipinski definition) is 4. The van der Waals surface area contributed by atoms with Gasteiger partial charge in [0.2, 0.25) is 0 Å². The molecule has 0 aliphatic carbocycles. The topological polar surface area (TPSA) is 62.7 Å². The summed E-state index contributed by atoms with van der Waals surface area (Å²) in [7, 11) is 0. The van der Waals surface area contributed by atoms with E-state index in [1.807, 2.05) is 25.3 Å². The molecule has 1 saturated heterocycles. The minimum atomic E-state index is -0.886. The van der Waals surface area contributed by atoms with Crippen LogP contribution < -0.4 is 4.90 Å². The van der Waals surface area contributed by atoms with Crippen LogP contribution in [0.4, 0.5) is 5.82 Å². The van der Waals surface area contributed by atoms with Crippen molar-refractivity contribution in [3.63, 3.8) is 0 Å². The smallest absolute Gasteiger partial charge is 0.335 e. The van der Waals surface area contributed by atoms with Gasteiger partial charge in [-0.3, -0.25) is 0 Å². The molecular formula is C19H22N2O3. The molecule has 5 heteroatoms. The van der Waals surface area contributed by atoms with Crippen LogP contribution >= 0.6 is 0 Å². The highest BCUT2D eigenvalue weighted by Gasteiger charge is 2.16. The van der Waals surface area contributed by atoms with E-state index in [0.717, 1.165) is 54.4 Å². The first-order valence-electron chi connectivity index (χ1n) is 8.15. The van der Waals surface area contributed by atoms with E-state index in [2.05, 4.69) is 22.9 Å². The average Bonchev–Trinajstić information content (AvgIpc) is 2.57. The Morgan fingerprint density at radius 3 is 2.67 bits per heavy atom. The van der Waals surface area contributed by atoms with Crippen LogP contribution in [0.2, 0.25) is 0 Å². The fraction of sp³-hybridized carbons (Fsp3) is 0.368. The molecule has 0 spiro atoms. The van der Waals surface area contributed by atoms with E-state index in [9.17, 15) is 9.90 Å². The van der Waals surface area contributed by atoms with Gasteiger partial charge in [-0.25, -0.2) is 9.78 Å². The molecule has 1 N–H and O–H groups in total. The number of aryl methyl sites for hydroxylation is 2. The average molecular weight is 326 g/mol. The Morgan fingerprint density at radius 1 is 1.25 bits per heavy atom. The Bertz CT molecular complexity index is 752. The molecule has 1 aromatic heterocycles. The van der Waals surface area contributed by atoms with Crippen LogP contribution in [-0.2, 0) is 11.2 Å². The van der Waals surface area contributed by atoms with E-state index in [1.54, 1.807) is 6.07 Å². The predicted molar refractivity (Wildman–Crippen MR) is 93.0 cm³/mol. The maximum atomic E-state index is 11.5. The Balaban J connectivity index is 1.84. The molecule has 0 saturated carbocycles. The summed E-state index contributed by atoms with van der Waals surface area (Å²) in [6.45, 7) is 7.12. The van der Waals surface area contributed by atoms with Crippen LogP contribution in [0.3, 0.4) is 0 Å². The fourth-order valence-electron chi connectivity index (χ4n) is 3.09. The summed E-state index contributed by atoms with van der Waals surface area (Å²) in [4.78, 5) is 18.3. The minimum Gasteiger partial charge on any atom is -0.478 e. The number of nitrogens with zero attached hydrogens (tertiary/aromatic N) is 2. The minimum absolute atomic E-state index is 0.366. The summed E-state index contributed by atoms with van der Waals surface area (Å²) in [5.74, 6) is 0.104. The van der Waals surface area contributed by atoms with Crippen molar-refractivity contribution in [1.29, 1.82) is 0 Å². The quantitative estimate of drug-likeness (QED) is 0.936. The second-order valence-electron chi connectivity index (χ2n) is 6.23. The van der Waals surface area contributed by atoms with Crippen LogP contribution in [-0.4, -0.2) is 42.4 Å². The Labute approximate surface area is 141 Å². The van der Waals surface area contributed by atoms with E-state index < -0.39 is 5.97 Å². The Kier molecular flexibility index (Phi) is 4.81. The summed E-state index contributed by atoms with van der Waals surface area (Å²) in [6.07, 6.45) is 2.42. The van der Waals surface area contributed by atoms with Gasteiger partial charge in [0.1, 0.15) is 5.82 Å². The zero-order valence-electron chi connectivity index (χ0n) is 14.1. The molecule has 1 aliphatic heterocycles. The maximum absolute atomic E-state index is 11.5. The van der Waals surface area contributed by atoms with E-state index in [0.29, 0.717) is 12.0 Å². The molecule has 1 aliphatic rings. The van der Waals surface area contributed by atoms with Crippen molar-refractivity contribution in [1.82, 2.24) is 4.98 Å². The number of morpholine rings is 1. The number of rotatable bonds is 4. The Hall–Kier alpha value is -2.40. The zero-order valence-corrected chi connectivity index (χ0v) is 14.1. The lowest BCUT2D eigenvalue weighted by Gasteiger charge is -2.29. The number of carbonyl (C=O) groups is 1. The van der Waals surface area contributed by atoms with Gasteiger partial charge >= 0.3 is 5.97 Å². The second-order valence-corrected chi connectivity index (χ2v) is 6.23. The van der Waals surface area contributed by atoms with Crippen molar-refractivity contribution in [3.05, 3.63) is 58.3 Å². The third-order valence-electron chi connectivity index (χ3n) is 4.31. The molecule has 2 heterocycles. The number of aromatic carboxylic acids is 1. The van der Waals surface area contributed by atoms with E-state index in [1.165, 1.54) is 0 Å². The third kappa shape index (κ3) is 3.57. The van der Waals surface area contributed by atoms with Crippen molar-refractivity contribution in [2.45, 2.75) is 20.3 Å². The standard InChI is InChI=1S/C19H22N2O3/c1-13-3-4-16(17(9-13)19(22)23)11-15-10-14(2)18(20-12-15)21-5-7-24-8-6-21/h3-4,9-10,12H,5-8,11H2,1-2H3,(H,22,23). The van der Waals surface area contributed by atoms with Crippen molar-refractivity contribution in [2.75, 3.05) is 31.2 Å². The second kappa shape index (κ2) is 7.01. The van der Waals surface area contributed by atoms with Crippen molar-refractivity contribution < 1.29 is 14.6 Å². The van der Waals surface area contributed by atoms with Crippen LogP contribution in [0.15, 0.2) is 30.5 Å². The molecule has 0 bridgehead atoms. The van der Waals surface area contributed by atoms with E-state index in [-0.39, 0.29) is 0 Å². The van der Waals surface area contributed by atoms with Gasteiger partial charge in [-0.1, -0.05) is 23.8 Å². The molecular weight excluding hydrogens is 304 g/mol. The first-order chi connectivity index (χ1) is 11.5. The first-order valence-corrected chi connectivity index (χ1v) is 8.15. The van der Waals surface area contributed by atoms with Crippen LogP contribution in [0.1, 0.15) is 32.6 Å². The van der Waals surface area contributed by atoms with Gasteiger partial charge in [0, 0.05) is 19.3 Å². The van der Waals surface area contributed by atoms with Crippen LogP contribution in [0.25, 0.3) is 0 Å². The highest BCUT2D eigenvalue weighted by Crippen LogP contribution is 2.22. The first kappa shape index (κ1) is 16.5. The highest BCUT2D eigenvalue weighted by atomic mass is 16.5. The highest BCUT2D eigenvalue weighted by molar-refractivity contribution is 5.89. The molecule has 3 rings (SSSR count). The molecule has 126 valence electrons. The lowest BCUT2D eigenvalue weighted by molar-refractivity contribution is 0.0695. The lowest BCUT2D eigenvalue weighted by Crippen LogP contribution is -2.37. The molecule has 0 unspecified atom stereocenters. The zero-order chi connectivity index (χ0) is 17.1. The van der Waals surface area contributed by atoms with Crippen LogP contribution in [0, 0.1) is 13.8 Å². The van der Waals surface area contributed by atoms with Gasteiger partial charge in [0.25, 0.3) is 0 Å². The number of ether oxygens (including phenoxy) is 1. The predicted octanol–water partition coefficient (Wildman–Crippen LogP) is 2.82. The normalized spacial score (nSPS) is 14.7. The van der Waals surface area contributed by atoms with Crippen molar-refractivity contribution >= 4 is 11.8 Å². The number of carboxylic acid groups (broad SMARTS) is 1. The van der Waals surface area contributed by atoms with Gasteiger partial charge in [-0.2, -0.15) is 0 Å². The molecule has 0 atom stereocenters. The number of aromatic nitrogens is 1. The van der Waals surface area contributed by atoms with Gasteiger partial charge in [0.15, 0.2) is 0 Å². The summed E-state index contributed by atoms with van der Waals surface area (Å²) < 4.78 is 5.38. The van der Waals surface area contributed by atoms with Gasteiger partial charge in [-0.05, 0) is 43.0 Å². The van der Waals surface area contributed by atoms with E-state index in [4.69, 9.17) is 4.74 Å². The monoisotopic (exact) mass is 326 g/mol. The molecule has 5 nitrogen and oxygen atoms in total. The summed E-state index contributed by atoms with van der Waals surface area (Å²) in [6, 6.07) is 7.66. The number of hydrogen-bond donors (Lipinski definition) is 1. The molecule has 24 heavy (non-hydrogen) atoms. The van der Waals surface area contributed by atoms with Gasteiger partial charge in [0.05, 0.1) is 18.8 Å². The molecule has 0 radical (unpaired) electrons. The summed E-state index contributed by atoms with van der Waals surface area (Å²) in [5.41, 5.74) is 4.26. The number of anilines is 1. The van der Waals surface area contributed by atoms with Gasteiger partial charge < -0.3 is 14.7 Å². The van der Waals surface area contributed by atoms with Crippen molar-refractivity contribution in [3.8, 4) is 0 Å². The SMILES string of the molecule is Cc1ccc(Cc2cnc(N3CCOCC3)c(C)c2)c(C(=O)O)c1. The molecule has 1 aromatic carbocycles. The number of pyridine rings is 1. The molecule has 0 amide bonds.